The monoisotopic (exact) mass is 257 g/mol. The molecule has 1 atom stereocenters. The van der Waals surface area contributed by atoms with Gasteiger partial charge in [-0.25, -0.2) is 0 Å². The van der Waals surface area contributed by atoms with Crippen LogP contribution >= 0.6 is 22.6 Å². The molecule has 0 aliphatic rings. The summed E-state index contributed by atoms with van der Waals surface area (Å²) in [6, 6.07) is 0. The number of rotatable bonds is 5. The number of hydrogen-bond acceptors (Lipinski definition) is 2. The van der Waals surface area contributed by atoms with Gasteiger partial charge in [0.15, 0.2) is 0 Å². The van der Waals surface area contributed by atoms with Gasteiger partial charge in [-0.1, -0.05) is 22.6 Å². The van der Waals surface area contributed by atoms with E-state index in [-0.39, 0.29) is 5.92 Å². The Labute approximate surface area is 74.3 Å². The molecule has 0 saturated heterocycles. The summed E-state index contributed by atoms with van der Waals surface area (Å²) in [7, 11) is 1.83. The lowest BCUT2D eigenvalue weighted by Crippen LogP contribution is -2.20. The summed E-state index contributed by atoms with van der Waals surface area (Å²) in [5.41, 5.74) is 0. The second kappa shape index (κ2) is 5.91. The first kappa shape index (κ1) is 10.2. The van der Waals surface area contributed by atoms with E-state index in [0.717, 1.165) is 13.0 Å². The lowest BCUT2D eigenvalue weighted by atomic mass is 10.1. The Morgan fingerprint density at radius 3 is 2.70 bits per heavy atom. The predicted octanol–water partition coefficient (Wildman–Crippen LogP) is 0.732. The predicted molar refractivity (Wildman–Crippen MR) is 48.6 cm³/mol. The topological polar surface area (TPSA) is 49.3 Å². The van der Waals surface area contributed by atoms with Gasteiger partial charge < -0.3 is 10.4 Å². The summed E-state index contributed by atoms with van der Waals surface area (Å²) in [4.78, 5) is 10.4. The van der Waals surface area contributed by atoms with Crippen molar-refractivity contribution in [2.75, 3.05) is 18.0 Å². The van der Waals surface area contributed by atoms with Gasteiger partial charge >= 0.3 is 5.97 Å². The molecule has 4 heteroatoms. The fourth-order valence-corrected chi connectivity index (χ4v) is 1.40. The fourth-order valence-electron chi connectivity index (χ4n) is 0.585. The van der Waals surface area contributed by atoms with E-state index in [1.165, 1.54) is 0 Å². The van der Waals surface area contributed by atoms with Crippen LogP contribution in [0.5, 0.6) is 0 Å². The smallest absolute Gasteiger partial charge is 0.307 e. The molecule has 0 amide bonds. The van der Waals surface area contributed by atoms with Gasteiger partial charge in [-0.2, -0.15) is 0 Å². The van der Waals surface area contributed by atoms with E-state index >= 15 is 0 Å². The van der Waals surface area contributed by atoms with E-state index in [9.17, 15) is 4.79 Å². The molecule has 0 aromatic heterocycles. The van der Waals surface area contributed by atoms with Crippen molar-refractivity contribution in [1.82, 2.24) is 5.32 Å². The fraction of sp³-hybridized carbons (Fsp3) is 0.833. The van der Waals surface area contributed by atoms with Gasteiger partial charge in [0.1, 0.15) is 0 Å². The van der Waals surface area contributed by atoms with Crippen LogP contribution in [0, 0.1) is 5.92 Å². The zero-order chi connectivity index (χ0) is 7.98. The first-order valence-corrected chi connectivity index (χ1v) is 4.68. The molecule has 0 fully saturated rings. The lowest BCUT2D eigenvalue weighted by molar-refractivity contribution is -0.140. The van der Waals surface area contributed by atoms with Crippen molar-refractivity contribution in [2.24, 2.45) is 5.92 Å². The largest absolute Gasteiger partial charge is 0.481 e. The minimum Gasteiger partial charge on any atom is -0.481 e. The maximum Gasteiger partial charge on any atom is 0.307 e. The van der Waals surface area contributed by atoms with Crippen molar-refractivity contribution in [2.45, 2.75) is 6.42 Å². The van der Waals surface area contributed by atoms with Crippen LogP contribution in [0.1, 0.15) is 6.42 Å². The van der Waals surface area contributed by atoms with Crippen LogP contribution in [-0.4, -0.2) is 29.1 Å². The molecule has 0 radical (unpaired) electrons. The van der Waals surface area contributed by atoms with E-state index < -0.39 is 5.97 Å². The number of carbonyl (C=O) groups is 1. The van der Waals surface area contributed by atoms with Gasteiger partial charge in [-0.15, -0.1) is 0 Å². The summed E-state index contributed by atoms with van der Waals surface area (Å²) in [6.07, 6.45) is 0.717. The lowest BCUT2D eigenvalue weighted by Gasteiger charge is -2.06. The average Bonchev–Trinajstić information content (AvgIpc) is 1.89. The number of carboxylic acid groups (broad SMARTS) is 1. The van der Waals surface area contributed by atoms with Crippen LogP contribution in [0.25, 0.3) is 0 Å². The number of nitrogens with one attached hydrogen (secondary N) is 1. The van der Waals surface area contributed by atoms with Gasteiger partial charge in [-0.05, 0) is 20.0 Å². The summed E-state index contributed by atoms with van der Waals surface area (Å²) in [6.45, 7) is 0.778. The molecule has 0 bridgehead atoms. The van der Waals surface area contributed by atoms with Crippen molar-refractivity contribution < 1.29 is 9.90 Å². The molecule has 10 heavy (non-hydrogen) atoms. The second-order valence-electron chi connectivity index (χ2n) is 2.08. The number of hydrogen-bond donors (Lipinski definition) is 2. The molecular formula is C6H12INO2. The Morgan fingerprint density at radius 2 is 2.40 bits per heavy atom. The highest BCUT2D eigenvalue weighted by atomic mass is 127. The van der Waals surface area contributed by atoms with Crippen LogP contribution in [0.3, 0.4) is 0 Å². The van der Waals surface area contributed by atoms with Crippen molar-refractivity contribution in [3.63, 3.8) is 0 Å². The molecule has 60 valence electrons. The van der Waals surface area contributed by atoms with Crippen LogP contribution in [-0.2, 0) is 4.79 Å². The average molecular weight is 257 g/mol. The maximum atomic E-state index is 10.4. The third-order valence-electron chi connectivity index (χ3n) is 1.28. The standard InChI is InChI=1S/C6H12INO2/c1-8-3-2-5(4-7)6(9)10/h5,8H,2-4H2,1H3,(H,9,10). The second-order valence-corrected chi connectivity index (χ2v) is 2.96. The van der Waals surface area contributed by atoms with Crippen LogP contribution in [0.2, 0.25) is 0 Å². The van der Waals surface area contributed by atoms with E-state index in [2.05, 4.69) is 27.9 Å². The molecule has 0 aromatic rings. The van der Waals surface area contributed by atoms with E-state index in [1.807, 2.05) is 7.05 Å². The van der Waals surface area contributed by atoms with Crippen LogP contribution < -0.4 is 5.32 Å². The molecule has 0 aliphatic carbocycles. The normalized spacial score (nSPS) is 13.0. The number of alkyl halides is 1. The highest BCUT2D eigenvalue weighted by Gasteiger charge is 2.13. The number of carboxylic acids is 1. The van der Waals surface area contributed by atoms with Gasteiger partial charge in [0.2, 0.25) is 0 Å². The highest BCUT2D eigenvalue weighted by molar-refractivity contribution is 14.1. The molecule has 1 unspecified atom stereocenters. The first-order chi connectivity index (χ1) is 4.72. The van der Waals surface area contributed by atoms with Gasteiger partial charge in [0.05, 0.1) is 5.92 Å². The third-order valence-corrected chi connectivity index (χ3v) is 2.34. The summed E-state index contributed by atoms with van der Waals surface area (Å²) < 4.78 is 0.689. The van der Waals surface area contributed by atoms with Gasteiger partial charge in [0, 0.05) is 4.43 Å². The van der Waals surface area contributed by atoms with Gasteiger partial charge in [0.25, 0.3) is 0 Å². The van der Waals surface area contributed by atoms with Crippen molar-refractivity contribution in [3.05, 3.63) is 0 Å². The molecule has 0 spiro atoms. The zero-order valence-electron chi connectivity index (χ0n) is 5.93. The van der Waals surface area contributed by atoms with E-state index in [1.54, 1.807) is 0 Å². The SMILES string of the molecule is CNCCC(CI)C(=O)O. The van der Waals surface area contributed by atoms with Crippen LogP contribution in [0.15, 0.2) is 0 Å². The molecule has 0 aromatic carbocycles. The first-order valence-electron chi connectivity index (χ1n) is 3.15. The molecule has 2 N–H and O–H groups in total. The Hall–Kier alpha value is 0.160. The third kappa shape index (κ3) is 4.05. The van der Waals surface area contributed by atoms with E-state index in [0.29, 0.717) is 4.43 Å². The summed E-state index contributed by atoms with van der Waals surface area (Å²) in [5, 5.41) is 11.5. The highest BCUT2D eigenvalue weighted by Crippen LogP contribution is 2.05. The molecule has 0 saturated carbocycles. The minimum atomic E-state index is -0.690. The Morgan fingerprint density at radius 1 is 1.80 bits per heavy atom. The van der Waals surface area contributed by atoms with Gasteiger partial charge in [-0.3, -0.25) is 4.79 Å². The molecule has 0 heterocycles. The minimum absolute atomic E-state index is 0.187. The zero-order valence-corrected chi connectivity index (χ0v) is 8.09. The Bertz CT molecular complexity index is 108. The summed E-state index contributed by atoms with van der Waals surface area (Å²) in [5.74, 6) is -0.877. The van der Waals surface area contributed by atoms with E-state index in [4.69, 9.17) is 5.11 Å². The summed E-state index contributed by atoms with van der Waals surface area (Å²) >= 11 is 2.10. The maximum absolute atomic E-state index is 10.4. The van der Waals surface area contributed by atoms with Crippen LogP contribution in [0.4, 0.5) is 0 Å². The quantitative estimate of drug-likeness (QED) is 0.564. The van der Waals surface area contributed by atoms with Crippen molar-refractivity contribution in [1.29, 1.82) is 0 Å². The van der Waals surface area contributed by atoms with Crippen molar-refractivity contribution in [3.8, 4) is 0 Å². The molecule has 0 rings (SSSR count). The molecular weight excluding hydrogens is 245 g/mol. The number of halogens is 1. The Balaban J connectivity index is 3.50. The Kier molecular flexibility index (Phi) is 6.00. The van der Waals surface area contributed by atoms with Crippen molar-refractivity contribution >= 4 is 28.6 Å². The number of aliphatic carboxylic acids is 1. The molecule has 3 nitrogen and oxygen atoms in total. The molecule has 0 aliphatic heterocycles.